The number of rotatable bonds is 1. The molecule has 2 heterocycles. The van der Waals surface area contributed by atoms with Gasteiger partial charge in [-0.05, 0) is 17.7 Å². The first-order chi connectivity index (χ1) is 9.70. The summed E-state index contributed by atoms with van der Waals surface area (Å²) in [6, 6.07) is 10.6. The minimum absolute atomic E-state index is 0.0427. The molecule has 1 atom stereocenters. The maximum atomic E-state index is 13.3. The molecule has 0 fully saturated rings. The van der Waals surface area contributed by atoms with Gasteiger partial charge >= 0.3 is 0 Å². The van der Waals surface area contributed by atoms with Gasteiger partial charge in [-0.25, -0.2) is 9.37 Å². The van der Waals surface area contributed by atoms with Gasteiger partial charge in [-0.3, -0.25) is 0 Å². The van der Waals surface area contributed by atoms with E-state index in [-0.39, 0.29) is 11.1 Å². The van der Waals surface area contributed by atoms with Gasteiger partial charge in [-0.1, -0.05) is 29.8 Å². The largest absolute Gasteiger partial charge is 0.437 e. The number of anilines is 1. The Labute approximate surface area is 119 Å². The molecule has 0 saturated heterocycles. The molecule has 3 nitrogen and oxygen atoms in total. The minimum Gasteiger partial charge on any atom is -0.437 e. The van der Waals surface area contributed by atoms with Crippen LogP contribution in [0.5, 0.6) is 0 Å². The van der Waals surface area contributed by atoms with E-state index >= 15 is 0 Å². The van der Waals surface area contributed by atoms with Crippen LogP contribution in [-0.2, 0) is 6.42 Å². The third-order valence-electron chi connectivity index (χ3n) is 3.50. The van der Waals surface area contributed by atoms with Crippen molar-refractivity contribution in [1.82, 2.24) is 4.98 Å². The van der Waals surface area contributed by atoms with E-state index in [4.69, 9.17) is 16.0 Å². The van der Waals surface area contributed by atoms with Crippen LogP contribution >= 0.6 is 11.6 Å². The van der Waals surface area contributed by atoms with Gasteiger partial charge in [0.1, 0.15) is 17.4 Å². The van der Waals surface area contributed by atoms with Crippen LogP contribution in [0.25, 0.3) is 11.1 Å². The van der Waals surface area contributed by atoms with Gasteiger partial charge in [-0.15, -0.1) is 0 Å². The first kappa shape index (κ1) is 11.7. The van der Waals surface area contributed by atoms with Crippen molar-refractivity contribution in [3.05, 3.63) is 58.7 Å². The van der Waals surface area contributed by atoms with Crippen molar-refractivity contribution in [2.75, 3.05) is 5.32 Å². The molecule has 0 aliphatic carbocycles. The average molecular weight is 289 g/mol. The van der Waals surface area contributed by atoms with Gasteiger partial charge in [0.15, 0.2) is 5.58 Å². The smallest absolute Gasteiger partial charge is 0.218 e. The highest BCUT2D eigenvalue weighted by molar-refractivity contribution is 6.34. The number of aromatic nitrogens is 1. The Balaban J connectivity index is 1.76. The highest BCUT2D eigenvalue weighted by Gasteiger charge is 2.26. The number of oxazole rings is 1. The molecule has 0 bridgehead atoms. The second kappa shape index (κ2) is 4.21. The third kappa shape index (κ3) is 1.76. The maximum absolute atomic E-state index is 13.3. The molecule has 0 saturated carbocycles. The second-order valence-electron chi connectivity index (χ2n) is 4.85. The molecule has 5 heteroatoms. The number of halogens is 2. The summed E-state index contributed by atoms with van der Waals surface area (Å²) in [6.07, 6.45) is 0.795. The second-order valence-corrected chi connectivity index (χ2v) is 5.25. The van der Waals surface area contributed by atoms with Crippen molar-refractivity contribution in [3.8, 4) is 0 Å². The molecule has 0 spiro atoms. The summed E-state index contributed by atoms with van der Waals surface area (Å²) in [4.78, 5) is 4.35. The van der Waals surface area contributed by atoms with Crippen LogP contribution < -0.4 is 5.32 Å². The zero-order valence-corrected chi connectivity index (χ0v) is 11.1. The van der Waals surface area contributed by atoms with E-state index < -0.39 is 5.82 Å². The summed E-state index contributed by atoms with van der Waals surface area (Å²) in [5, 5.41) is 3.60. The lowest BCUT2D eigenvalue weighted by molar-refractivity contribution is 0.497. The lowest BCUT2D eigenvalue weighted by atomic mass is 10.1. The number of para-hydroxylation sites is 1. The lowest BCUT2D eigenvalue weighted by Gasteiger charge is -2.05. The van der Waals surface area contributed by atoms with Crippen LogP contribution in [0.2, 0.25) is 5.02 Å². The molecule has 1 unspecified atom stereocenters. The normalized spacial score (nSPS) is 17.2. The van der Waals surface area contributed by atoms with Gasteiger partial charge in [0, 0.05) is 18.2 Å². The fourth-order valence-corrected chi connectivity index (χ4v) is 2.81. The predicted molar refractivity (Wildman–Crippen MR) is 75.5 cm³/mol. The molecule has 100 valence electrons. The van der Waals surface area contributed by atoms with Crippen LogP contribution in [0.1, 0.15) is 17.5 Å². The van der Waals surface area contributed by atoms with E-state index in [1.54, 1.807) is 0 Å². The van der Waals surface area contributed by atoms with Crippen LogP contribution in [0, 0.1) is 5.82 Å². The predicted octanol–water partition coefficient (Wildman–Crippen LogP) is 4.33. The summed E-state index contributed by atoms with van der Waals surface area (Å²) >= 11 is 5.98. The number of hydrogen-bond acceptors (Lipinski definition) is 3. The van der Waals surface area contributed by atoms with Gasteiger partial charge in [0.2, 0.25) is 5.89 Å². The molecule has 3 aromatic rings. The summed E-state index contributed by atoms with van der Waals surface area (Å²) in [7, 11) is 0. The molecule has 0 radical (unpaired) electrons. The minimum atomic E-state index is -0.412. The van der Waals surface area contributed by atoms with Crippen LogP contribution in [-0.4, -0.2) is 4.98 Å². The summed E-state index contributed by atoms with van der Waals surface area (Å²) < 4.78 is 19.0. The Kier molecular flexibility index (Phi) is 2.47. The molecule has 0 amide bonds. The number of nitrogens with one attached hydrogen (secondary N) is 1. The van der Waals surface area contributed by atoms with Crippen LogP contribution in [0.15, 0.2) is 40.8 Å². The molecular weight excluding hydrogens is 279 g/mol. The van der Waals surface area contributed by atoms with Crippen molar-refractivity contribution in [2.45, 2.75) is 12.5 Å². The fourth-order valence-electron chi connectivity index (χ4n) is 2.57. The van der Waals surface area contributed by atoms with Gasteiger partial charge < -0.3 is 9.73 Å². The monoisotopic (exact) mass is 288 g/mol. The average Bonchev–Trinajstić information content (AvgIpc) is 3.01. The lowest BCUT2D eigenvalue weighted by Crippen LogP contribution is -2.05. The van der Waals surface area contributed by atoms with E-state index in [9.17, 15) is 4.39 Å². The Bertz CT molecular complexity index is 790. The van der Waals surface area contributed by atoms with Gasteiger partial charge in [0.25, 0.3) is 0 Å². The number of nitrogens with zero attached hydrogens (tertiary/aromatic N) is 1. The van der Waals surface area contributed by atoms with Crippen LogP contribution in [0.4, 0.5) is 10.1 Å². The molecule has 1 aromatic heterocycles. The standard InChI is InChI=1S/C15H10ClFN2O/c16-10-6-9(17)7-12-14(10)20-15(19-12)13-5-8-3-1-2-4-11(8)18-13/h1-4,6-7,13,18H,5H2. The fraction of sp³-hybridized carbons (Fsp3) is 0.133. The Morgan fingerprint density at radius 2 is 2.15 bits per heavy atom. The molecule has 1 aliphatic rings. The van der Waals surface area contributed by atoms with E-state index in [1.165, 1.54) is 17.7 Å². The van der Waals surface area contributed by atoms with Crippen molar-refractivity contribution < 1.29 is 8.81 Å². The third-order valence-corrected chi connectivity index (χ3v) is 3.78. The molecule has 20 heavy (non-hydrogen) atoms. The molecule has 2 aromatic carbocycles. The maximum Gasteiger partial charge on any atom is 0.218 e. The summed E-state index contributed by atoms with van der Waals surface area (Å²) in [6.45, 7) is 0. The zero-order valence-electron chi connectivity index (χ0n) is 10.4. The quantitative estimate of drug-likeness (QED) is 0.724. The van der Waals surface area contributed by atoms with E-state index in [1.807, 2.05) is 18.2 Å². The topological polar surface area (TPSA) is 38.1 Å². The summed E-state index contributed by atoms with van der Waals surface area (Å²) in [5.41, 5.74) is 3.18. The number of benzene rings is 2. The molecule has 1 N–H and O–H groups in total. The van der Waals surface area contributed by atoms with E-state index in [2.05, 4.69) is 16.4 Å². The highest BCUT2D eigenvalue weighted by Crippen LogP contribution is 2.36. The zero-order chi connectivity index (χ0) is 13.7. The highest BCUT2D eigenvalue weighted by atomic mass is 35.5. The Morgan fingerprint density at radius 1 is 1.30 bits per heavy atom. The first-order valence-electron chi connectivity index (χ1n) is 6.30. The summed E-state index contributed by atoms with van der Waals surface area (Å²) in [5.74, 6) is 0.119. The van der Waals surface area contributed by atoms with Gasteiger partial charge in [-0.2, -0.15) is 0 Å². The van der Waals surface area contributed by atoms with Gasteiger partial charge in [0.05, 0.1) is 5.02 Å². The van der Waals surface area contributed by atoms with Crippen molar-refractivity contribution in [3.63, 3.8) is 0 Å². The Morgan fingerprint density at radius 3 is 3.00 bits per heavy atom. The first-order valence-corrected chi connectivity index (χ1v) is 6.68. The molecular formula is C15H10ClFN2O. The van der Waals surface area contributed by atoms with Crippen molar-refractivity contribution in [2.24, 2.45) is 0 Å². The van der Waals surface area contributed by atoms with E-state index in [0.717, 1.165) is 12.1 Å². The number of fused-ring (bicyclic) bond motifs is 2. The SMILES string of the molecule is Fc1cc(Cl)c2oc(C3Cc4ccccc4N3)nc2c1. The Hall–Kier alpha value is -2.07. The van der Waals surface area contributed by atoms with Crippen LogP contribution in [0.3, 0.4) is 0 Å². The van der Waals surface area contributed by atoms with Crippen molar-refractivity contribution in [1.29, 1.82) is 0 Å². The molecule has 1 aliphatic heterocycles. The van der Waals surface area contributed by atoms with E-state index in [0.29, 0.717) is 17.0 Å². The van der Waals surface area contributed by atoms with Crippen molar-refractivity contribution >= 4 is 28.4 Å². The number of hydrogen-bond donors (Lipinski definition) is 1. The molecule has 4 rings (SSSR count).